The summed E-state index contributed by atoms with van der Waals surface area (Å²) >= 11 is 0. The molecule has 5 aliphatic rings. The zero-order valence-electron chi connectivity index (χ0n) is 21.6. The van der Waals surface area contributed by atoms with Crippen molar-refractivity contribution in [3.05, 3.63) is 18.3 Å². The number of anilines is 2. The number of piperidine rings is 4. The monoisotopic (exact) mass is 465 g/mol. The Balaban J connectivity index is 0.970. The third-order valence-electron chi connectivity index (χ3n) is 10.5. The van der Waals surface area contributed by atoms with E-state index >= 15 is 0 Å². The molecule has 1 aliphatic carbocycles. The summed E-state index contributed by atoms with van der Waals surface area (Å²) in [6.45, 7) is 12.5. The van der Waals surface area contributed by atoms with Gasteiger partial charge >= 0.3 is 0 Å². The highest BCUT2D eigenvalue weighted by atomic mass is 15.2. The number of aromatic nitrogens is 1. The molecule has 1 spiro atoms. The van der Waals surface area contributed by atoms with Crippen molar-refractivity contribution in [2.75, 3.05) is 62.2 Å². The lowest BCUT2D eigenvalue weighted by Crippen LogP contribution is -2.51. The molecule has 0 radical (unpaired) electrons. The third-order valence-corrected chi connectivity index (χ3v) is 10.5. The summed E-state index contributed by atoms with van der Waals surface area (Å²) in [4.78, 5) is 15.7. The molecule has 5 fully saturated rings. The molecule has 4 saturated heterocycles. The van der Waals surface area contributed by atoms with Gasteiger partial charge in [0.1, 0.15) is 5.82 Å². The van der Waals surface area contributed by atoms with E-state index in [1.54, 1.807) is 0 Å². The van der Waals surface area contributed by atoms with Crippen molar-refractivity contribution in [2.24, 2.45) is 11.3 Å². The van der Waals surface area contributed by atoms with Gasteiger partial charge in [-0.25, -0.2) is 4.98 Å². The van der Waals surface area contributed by atoms with E-state index in [9.17, 15) is 0 Å². The molecule has 0 bridgehead atoms. The van der Waals surface area contributed by atoms with Crippen LogP contribution < -0.4 is 9.80 Å². The van der Waals surface area contributed by atoms with Gasteiger partial charge in [-0.2, -0.15) is 0 Å². The minimum atomic E-state index is 0.618. The number of hydrogen-bond donors (Lipinski definition) is 0. The van der Waals surface area contributed by atoms with Crippen LogP contribution in [0.4, 0.5) is 11.5 Å². The first-order valence-corrected chi connectivity index (χ1v) is 14.6. The molecule has 1 aromatic heterocycles. The average molecular weight is 466 g/mol. The van der Waals surface area contributed by atoms with Crippen LogP contribution in [-0.2, 0) is 0 Å². The Hall–Kier alpha value is -1.33. The maximum Gasteiger partial charge on any atom is 0.128 e. The fourth-order valence-electron chi connectivity index (χ4n) is 7.46. The highest BCUT2D eigenvalue weighted by molar-refractivity contribution is 5.51. The fraction of sp³-hybridized carbons (Fsp3) is 0.828. The first kappa shape index (κ1) is 23.1. The first-order valence-electron chi connectivity index (χ1n) is 14.6. The topological polar surface area (TPSA) is 25.9 Å². The van der Waals surface area contributed by atoms with Crippen LogP contribution in [0, 0.1) is 11.3 Å². The van der Waals surface area contributed by atoms with Crippen LogP contribution in [0.3, 0.4) is 0 Å². The number of nitrogens with zero attached hydrogens (tertiary/aromatic N) is 5. The van der Waals surface area contributed by atoms with Gasteiger partial charge in [0.05, 0.1) is 11.9 Å². The molecular formula is C29H47N5. The van der Waals surface area contributed by atoms with Crippen LogP contribution in [0.2, 0.25) is 0 Å². The number of rotatable bonds is 4. The Kier molecular flexibility index (Phi) is 6.77. The van der Waals surface area contributed by atoms with Crippen molar-refractivity contribution >= 4 is 11.5 Å². The lowest BCUT2D eigenvalue weighted by atomic mass is 9.70. The van der Waals surface area contributed by atoms with E-state index in [4.69, 9.17) is 4.98 Å². The second kappa shape index (κ2) is 9.97. The third kappa shape index (κ3) is 4.84. The molecule has 0 atom stereocenters. The van der Waals surface area contributed by atoms with Crippen LogP contribution in [0.15, 0.2) is 18.3 Å². The van der Waals surface area contributed by atoms with E-state index in [-0.39, 0.29) is 0 Å². The summed E-state index contributed by atoms with van der Waals surface area (Å²) in [5, 5.41) is 0. The molecule has 188 valence electrons. The summed E-state index contributed by atoms with van der Waals surface area (Å²) < 4.78 is 0. The number of pyridine rings is 1. The molecule has 0 unspecified atom stereocenters. The molecule has 0 amide bonds. The Morgan fingerprint density at radius 1 is 0.676 bits per heavy atom. The zero-order chi connectivity index (χ0) is 23.0. The van der Waals surface area contributed by atoms with Crippen LogP contribution in [0.5, 0.6) is 0 Å². The summed E-state index contributed by atoms with van der Waals surface area (Å²) in [6, 6.07) is 6.37. The second-order valence-electron chi connectivity index (χ2n) is 12.4. The highest BCUT2D eigenvalue weighted by Gasteiger charge is 2.40. The van der Waals surface area contributed by atoms with Crippen LogP contribution >= 0.6 is 0 Å². The van der Waals surface area contributed by atoms with Gasteiger partial charge < -0.3 is 19.6 Å². The predicted molar refractivity (Wildman–Crippen MR) is 142 cm³/mol. The van der Waals surface area contributed by atoms with Gasteiger partial charge in [-0.1, -0.05) is 13.3 Å². The molecule has 4 aliphatic heterocycles. The number of likely N-dealkylation sites (tertiary alicyclic amines) is 2. The standard InChI is InChI=1S/C29H47N5/c1-24-7-15-31(16-8-24)26-9-17-32(18-10-26)27-5-6-28(30-23-27)34-21-13-29(14-22-34)11-19-33(20-12-29)25-3-2-4-25/h5-6,23-26H,2-4,7-22H2,1H3. The van der Waals surface area contributed by atoms with Gasteiger partial charge in [0, 0.05) is 38.3 Å². The Labute approximate surface area is 207 Å². The van der Waals surface area contributed by atoms with Crippen LogP contribution in [0.1, 0.15) is 77.6 Å². The SMILES string of the molecule is CC1CCN(C2CCN(c3ccc(N4CCC5(CC4)CCN(C4CCC4)CC5)nc3)CC2)CC1. The lowest BCUT2D eigenvalue weighted by molar-refractivity contribution is 0.0305. The molecule has 0 aromatic carbocycles. The largest absolute Gasteiger partial charge is 0.370 e. The van der Waals surface area contributed by atoms with Crippen molar-refractivity contribution < 1.29 is 0 Å². The van der Waals surface area contributed by atoms with E-state index in [1.807, 2.05) is 0 Å². The predicted octanol–water partition coefficient (Wildman–Crippen LogP) is 5.02. The summed E-state index contributed by atoms with van der Waals surface area (Å²) in [5.74, 6) is 2.12. The van der Waals surface area contributed by atoms with E-state index in [1.165, 1.54) is 134 Å². The maximum atomic E-state index is 4.95. The molecule has 34 heavy (non-hydrogen) atoms. The molecule has 6 rings (SSSR count). The maximum absolute atomic E-state index is 4.95. The van der Waals surface area contributed by atoms with Gasteiger partial charge in [0.2, 0.25) is 0 Å². The average Bonchev–Trinajstić information content (AvgIpc) is 2.86. The van der Waals surface area contributed by atoms with E-state index in [0.717, 1.165) is 18.0 Å². The van der Waals surface area contributed by atoms with E-state index < -0.39 is 0 Å². The lowest BCUT2D eigenvalue weighted by Gasteiger charge is -2.50. The Morgan fingerprint density at radius 3 is 1.88 bits per heavy atom. The van der Waals surface area contributed by atoms with Crippen molar-refractivity contribution in [1.29, 1.82) is 0 Å². The summed E-state index contributed by atoms with van der Waals surface area (Å²) in [5.41, 5.74) is 1.94. The van der Waals surface area contributed by atoms with Crippen molar-refractivity contribution in [3.63, 3.8) is 0 Å². The molecule has 5 nitrogen and oxygen atoms in total. The number of hydrogen-bond acceptors (Lipinski definition) is 5. The normalized spacial score (nSPS) is 28.4. The quantitative estimate of drug-likeness (QED) is 0.622. The molecule has 5 heteroatoms. The minimum Gasteiger partial charge on any atom is -0.370 e. The van der Waals surface area contributed by atoms with Crippen molar-refractivity contribution in [3.8, 4) is 0 Å². The molecule has 1 aromatic rings. The first-order chi connectivity index (χ1) is 16.7. The highest BCUT2D eigenvalue weighted by Crippen LogP contribution is 2.43. The summed E-state index contributed by atoms with van der Waals surface area (Å²) in [6.07, 6.45) is 17.5. The van der Waals surface area contributed by atoms with Gasteiger partial charge in [0.25, 0.3) is 0 Å². The van der Waals surface area contributed by atoms with Gasteiger partial charge in [-0.05, 0) is 114 Å². The minimum absolute atomic E-state index is 0.618. The fourth-order valence-corrected chi connectivity index (χ4v) is 7.46. The van der Waals surface area contributed by atoms with Crippen molar-refractivity contribution in [2.45, 2.75) is 89.6 Å². The van der Waals surface area contributed by atoms with Crippen LogP contribution in [0.25, 0.3) is 0 Å². The molecule has 0 N–H and O–H groups in total. The smallest absolute Gasteiger partial charge is 0.128 e. The van der Waals surface area contributed by atoms with Crippen LogP contribution in [-0.4, -0.2) is 79.2 Å². The van der Waals surface area contributed by atoms with Gasteiger partial charge in [-0.3, -0.25) is 0 Å². The Morgan fingerprint density at radius 2 is 1.29 bits per heavy atom. The second-order valence-corrected chi connectivity index (χ2v) is 12.4. The van der Waals surface area contributed by atoms with Crippen molar-refractivity contribution in [1.82, 2.24) is 14.8 Å². The molecule has 1 saturated carbocycles. The zero-order valence-corrected chi connectivity index (χ0v) is 21.6. The molecular weight excluding hydrogens is 418 g/mol. The van der Waals surface area contributed by atoms with E-state index in [0.29, 0.717) is 5.41 Å². The Bertz CT molecular complexity index is 771. The summed E-state index contributed by atoms with van der Waals surface area (Å²) in [7, 11) is 0. The van der Waals surface area contributed by atoms with E-state index in [2.05, 4.69) is 44.9 Å². The molecule has 5 heterocycles. The van der Waals surface area contributed by atoms with Gasteiger partial charge in [-0.15, -0.1) is 0 Å². The van der Waals surface area contributed by atoms with Gasteiger partial charge in [0.15, 0.2) is 0 Å².